The fourth-order valence-corrected chi connectivity index (χ4v) is 3.35. The van der Waals surface area contributed by atoms with Gasteiger partial charge in [0.25, 0.3) is 0 Å². The maximum atomic E-state index is 12.4. The number of imide groups is 1. The number of fused-ring (bicyclic) bond motifs is 1. The number of ether oxygens (including phenoxy) is 2. The molecule has 1 aromatic rings. The molecule has 3 amide bonds. The molecule has 1 aliphatic heterocycles. The number of likely N-dealkylation sites (N-methyl/N-ethyl adjacent to an activating group) is 1. The second-order valence-electron chi connectivity index (χ2n) is 7.08. The monoisotopic (exact) mass is 361 g/mol. The summed E-state index contributed by atoms with van der Waals surface area (Å²) in [5.41, 5.74) is 1.02. The van der Waals surface area contributed by atoms with Crippen molar-refractivity contribution in [1.29, 1.82) is 0 Å². The first-order valence-corrected chi connectivity index (χ1v) is 9.23. The normalized spacial score (nSPS) is 17.8. The van der Waals surface area contributed by atoms with Gasteiger partial charge in [0.05, 0.1) is 6.04 Å². The Kier molecular flexibility index (Phi) is 5.98. The maximum absolute atomic E-state index is 12.4. The number of hydrogen-bond acceptors (Lipinski definition) is 5. The minimum Gasteiger partial charge on any atom is -0.454 e. The van der Waals surface area contributed by atoms with Gasteiger partial charge in [0.2, 0.25) is 12.7 Å². The zero-order chi connectivity index (χ0) is 18.5. The summed E-state index contributed by atoms with van der Waals surface area (Å²) in [7, 11) is 1.86. The molecule has 1 aliphatic carbocycles. The first kappa shape index (κ1) is 18.5. The second-order valence-corrected chi connectivity index (χ2v) is 7.08. The molecule has 3 rings (SSSR count). The average Bonchev–Trinajstić information content (AvgIpc) is 3.09. The van der Waals surface area contributed by atoms with Crippen LogP contribution in [0.1, 0.15) is 44.6 Å². The number of rotatable bonds is 5. The van der Waals surface area contributed by atoms with Crippen LogP contribution < -0.4 is 20.1 Å². The van der Waals surface area contributed by atoms with Crippen molar-refractivity contribution in [2.75, 3.05) is 13.8 Å². The van der Waals surface area contributed by atoms with E-state index in [2.05, 4.69) is 10.6 Å². The Morgan fingerprint density at radius 2 is 1.92 bits per heavy atom. The third kappa shape index (κ3) is 4.66. The lowest BCUT2D eigenvalue weighted by molar-refractivity contribution is -0.124. The van der Waals surface area contributed by atoms with E-state index in [0.717, 1.165) is 42.7 Å². The van der Waals surface area contributed by atoms with Crippen molar-refractivity contribution in [3.05, 3.63) is 23.8 Å². The van der Waals surface area contributed by atoms with E-state index in [1.54, 1.807) is 6.92 Å². The van der Waals surface area contributed by atoms with E-state index >= 15 is 0 Å². The minimum absolute atomic E-state index is 0.179. The van der Waals surface area contributed by atoms with Gasteiger partial charge >= 0.3 is 6.03 Å². The zero-order valence-corrected chi connectivity index (χ0v) is 15.4. The molecule has 1 aromatic carbocycles. The van der Waals surface area contributed by atoms with Crippen molar-refractivity contribution in [2.45, 2.75) is 57.7 Å². The van der Waals surface area contributed by atoms with Gasteiger partial charge in [-0.25, -0.2) is 4.79 Å². The van der Waals surface area contributed by atoms with Gasteiger partial charge in [-0.15, -0.1) is 0 Å². The molecule has 7 heteroatoms. The lowest BCUT2D eigenvalue weighted by atomic mass is 9.96. The van der Waals surface area contributed by atoms with Crippen LogP contribution in [0.25, 0.3) is 0 Å². The largest absolute Gasteiger partial charge is 0.454 e. The van der Waals surface area contributed by atoms with E-state index in [9.17, 15) is 9.59 Å². The first-order chi connectivity index (χ1) is 12.5. The molecule has 0 spiro atoms. The third-order valence-electron chi connectivity index (χ3n) is 5.09. The summed E-state index contributed by atoms with van der Waals surface area (Å²) < 4.78 is 10.7. The van der Waals surface area contributed by atoms with Crippen LogP contribution in [-0.4, -0.2) is 42.8 Å². The number of nitrogens with one attached hydrogen (secondary N) is 2. The maximum Gasteiger partial charge on any atom is 0.321 e. The summed E-state index contributed by atoms with van der Waals surface area (Å²) in [6.07, 6.45) is 5.46. The summed E-state index contributed by atoms with van der Waals surface area (Å²) in [6.45, 7) is 2.59. The molecule has 2 aliphatic rings. The molecule has 26 heavy (non-hydrogen) atoms. The number of carbonyl (C=O) groups excluding carboxylic acids is 2. The summed E-state index contributed by atoms with van der Waals surface area (Å²) >= 11 is 0. The quantitative estimate of drug-likeness (QED) is 0.842. The SMILES string of the molecule is C[C@H](C(=O)NC(=O)NC1CCCCC1)N(C)Cc1ccc2c(c1)OCO2. The van der Waals surface area contributed by atoms with E-state index in [-0.39, 0.29) is 18.7 Å². The molecule has 7 nitrogen and oxygen atoms in total. The van der Waals surface area contributed by atoms with Crippen molar-refractivity contribution in [3.63, 3.8) is 0 Å². The summed E-state index contributed by atoms with van der Waals surface area (Å²) in [5.74, 6) is 1.16. The van der Waals surface area contributed by atoms with Crippen molar-refractivity contribution in [3.8, 4) is 11.5 Å². The van der Waals surface area contributed by atoms with Crippen LogP contribution in [0.2, 0.25) is 0 Å². The lowest BCUT2D eigenvalue weighted by Gasteiger charge is -2.25. The molecule has 142 valence electrons. The van der Waals surface area contributed by atoms with Crippen LogP contribution in [0.5, 0.6) is 11.5 Å². The number of amides is 3. The molecular formula is C19H27N3O4. The van der Waals surface area contributed by atoms with Gasteiger partial charge in [-0.3, -0.25) is 15.0 Å². The predicted octanol–water partition coefficient (Wildman–Crippen LogP) is 2.39. The highest BCUT2D eigenvalue weighted by Gasteiger charge is 2.23. The molecule has 1 heterocycles. The van der Waals surface area contributed by atoms with Crippen molar-refractivity contribution in [2.24, 2.45) is 0 Å². The Labute approximate surface area is 154 Å². The Balaban J connectivity index is 1.48. The molecule has 0 unspecified atom stereocenters. The summed E-state index contributed by atoms with van der Waals surface area (Å²) in [6, 6.07) is 5.08. The van der Waals surface area contributed by atoms with Crippen LogP contribution in [0.15, 0.2) is 18.2 Å². The Morgan fingerprint density at radius 3 is 2.69 bits per heavy atom. The Morgan fingerprint density at radius 1 is 1.19 bits per heavy atom. The molecule has 1 atom stereocenters. The highest BCUT2D eigenvalue weighted by Crippen LogP contribution is 2.32. The number of hydrogen-bond donors (Lipinski definition) is 2. The topological polar surface area (TPSA) is 79.9 Å². The van der Waals surface area contributed by atoms with Crippen molar-refractivity contribution in [1.82, 2.24) is 15.5 Å². The summed E-state index contributed by atoms with van der Waals surface area (Å²) in [4.78, 5) is 26.3. The van der Waals surface area contributed by atoms with Crippen LogP contribution in [0.3, 0.4) is 0 Å². The van der Waals surface area contributed by atoms with Gasteiger partial charge in [-0.05, 0) is 44.5 Å². The van der Waals surface area contributed by atoms with Crippen molar-refractivity contribution >= 4 is 11.9 Å². The van der Waals surface area contributed by atoms with Crippen LogP contribution in [0, 0.1) is 0 Å². The molecule has 0 aromatic heterocycles. The number of carbonyl (C=O) groups is 2. The van der Waals surface area contributed by atoms with Gasteiger partial charge in [0.15, 0.2) is 11.5 Å². The van der Waals surface area contributed by atoms with Crippen LogP contribution in [0.4, 0.5) is 4.79 Å². The predicted molar refractivity (Wildman–Crippen MR) is 97.0 cm³/mol. The minimum atomic E-state index is -0.433. The smallest absolute Gasteiger partial charge is 0.321 e. The summed E-state index contributed by atoms with van der Waals surface area (Å²) in [5, 5.41) is 5.36. The zero-order valence-electron chi connectivity index (χ0n) is 15.4. The van der Waals surface area contributed by atoms with E-state index in [0.29, 0.717) is 6.54 Å². The molecular weight excluding hydrogens is 334 g/mol. The van der Waals surface area contributed by atoms with Gasteiger partial charge < -0.3 is 14.8 Å². The van der Waals surface area contributed by atoms with Gasteiger partial charge in [0.1, 0.15) is 0 Å². The van der Waals surface area contributed by atoms with Crippen LogP contribution >= 0.6 is 0 Å². The van der Waals surface area contributed by atoms with Crippen LogP contribution in [-0.2, 0) is 11.3 Å². The number of benzene rings is 1. The molecule has 0 radical (unpaired) electrons. The van der Waals surface area contributed by atoms with E-state index in [1.807, 2.05) is 30.1 Å². The Bertz CT molecular complexity index is 658. The highest BCUT2D eigenvalue weighted by atomic mass is 16.7. The molecule has 1 fully saturated rings. The Hall–Kier alpha value is -2.28. The molecule has 0 saturated heterocycles. The van der Waals surface area contributed by atoms with Crippen molar-refractivity contribution < 1.29 is 19.1 Å². The lowest BCUT2D eigenvalue weighted by Crippen LogP contribution is -2.50. The highest BCUT2D eigenvalue weighted by molar-refractivity contribution is 5.96. The van der Waals surface area contributed by atoms with Gasteiger partial charge in [0, 0.05) is 12.6 Å². The van der Waals surface area contributed by atoms with E-state index in [1.165, 1.54) is 6.42 Å². The van der Waals surface area contributed by atoms with E-state index in [4.69, 9.17) is 9.47 Å². The van der Waals surface area contributed by atoms with E-state index < -0.39 is 12.1 Å². The first-order valence-electron chi connectivity index (χ1n) is 9.23. The standard InChI is InChI=1S/C19H27N3O4/c1-13(18(23)21-19(24)20-15-6-4-3-5-7-15)22(2)11-14-8-9-16-17(10-14)26-12-25-16/h8-10,13,15H,3-7,11-12H2,1-2H3,(H2,20,21,23,24)/t13-/m1/s1. The molecule has 2 N–H and O–H groups in total. The second kappa shape index (κ2) is 8.40. The number of nitrogens with zero attached hydrogens (tertiary/aromatic N) is 1. The molecule has 1 saturated carbocycles. The molecule has 0 bridgehead atoms. The van der Waals surface area contributed by atoms with Gasteiger partial charge in [-0.1, -0.05) is 25.3 Å². The van der Waals surface area contributed by atoms with Gasteiger partial charge in [-0.2, -0.15) is 0 Å². The fraction of sp³-hybridized carbons (Fsp3) is 0.579. The third-order valence-corrected chi connectivity index (χ3v) is 5.09. The number of urea groups is 1. The fourth-order valence-electron chi connectivity index (χ4n) is 3.35. The average molecular weight is 361 g/mol.